The molecule has 0 aliphatic carbocycles. The molecule has 19 heavy (non-hydrogen) atoms. The summed E-state index contributed by atoms with van der Waals surface area (Å²) in [6.07, 6.45) is 0.945. The molecule has 1 aliphatic rings. The van der Waals surface area contributed by atoms with Crippen LogP contribution in [0, 0.1) is 10.1 Å². The summed E-state index contributed by atoms with van der Waals surface area (Å²) in [4.78, 5) is 22.4. The number of nitro benzene ring substituents is 1. The number of hydrogen-bond acceptors (Lipinski definition) is 5. The van der Waals surface area contributed by atoms with E-state index < -0.39 is 4.92 Å². The van der Waals surface area contributed by atoms with E-state index in [4.69, 9.17) is 0 Å². The first kappa shape index (κ1) is 13.7. The lowest BCUT2D eigenvalue weighted by Crippen LogP contribution is -2.35. The van der Waals surface area contributed by atoms with Crippen LogP contribution in [0.15, 0.2) is 18.2 Å². The summed E-state index contributed by atoms with van der Waals surface area (Å²) < 4.78 is 0. The number of rotatable bonds is 4. The SMILES string of the molecule is CNc1ccc([N+](=O)[O-])cc1C(=O)NC1CCSC1. The Bertz CT molecular complexity index is 501. The minimum Gasteiger partial charge on any atom is -0.387 e. The van der Waals surface area contributed by atoms with Gasteiger partial charge in [0.05, 0.1) is 10.5 Å². The highest BCUT2D eigenvalue weighted by Gasteiger charge is 2.21. The maximum Gasteiger partial charge on any atom is 0.270 e. The summed E-state index contributed by atoms with van der Waals surface area (Å²) in [5.74, 6) is 1.68. The van der Waals surface area contributed by atoms with Crippen LogP contribution in [0.1, 0.15) is 16.8 Å². The Morgan fingerprint density at radius 1 is 1.53 bits per heavy atom. The van der Waals surface area contributed by atoms with Gasteiger partial charge in [-0.15, -0.1) is 0 Å². The zero-order chi connectivity index (χ0) is 13.8. The summed E-state index contributed by atoms with van der Waals surface area (Å²) in [7, 11) is 1.68. The molecule has 1 unspecified atom stereocenters. The van der Waals surface area contributed by atoms with Gasteiger partial charge >= 0.3 is 0 Å². The van der Waals surface area contributed by atoms with Crippen molar-refractivity contribution in [2.45, 2.75) is 12.5 Å². The predicted molar refractivity (Wildman–Crippen MR) is 75.8 cm³/mol. The fraction of sp³-hybridized carbons (Fsp3) is 0.417. The number of thioether (sulfide) groups is 1. The molecule has 2 N–H and O–H groups in total. The predicted octanol–water partition coefficient (Wildman–Crippen LogP) is 1.87. The lowest BCUT2D eigenvalue weighted by molar-refractivity contribution is -0.384. The number of non-ortho nitro benzene ring substituents is 1. The van der Waals surface area contributed by atoms with Crippen molar-refractivity contribution in [3.63, 3.8) is 0 Å². The normalized spacial score (nSPS) is 18.1. The molecular weight excluding hydrogens is 266 g/mol. The molecule has 1 atom stereocenters. The van der Waals surface area contributed by atoms with Crippen molar-refractivity contribution in [2.24, 2.45) is 0 Å². The van der Waals surface area contributed by atoms with Crippen LogP contribution in [0.3, 0.4) is 0 Å². The maximum atomic E-state index is 12.2. The van der Waals surface area contributed by atoms with E-state index in [9.17, 15) is 14.9 Å². The number of nitrogens with one attached hydrogen (secondary N) is 2. The minimum absolute atomic E-state index is 0.0788. The summed E-state index contributed by atoms with van der Waals surface area (Å²) in [6.45, 7) is 0. The first-order valence-electron chi connectivity index (χ1n) is 5.96. The number of carbonyl (C=O) groups is 1. The molecule has 1 aromatic carbocycles. The lowest BCUT2D eigenvalue weighted by atomic mass is 10.1. The second-order valence-corrected chi connectivity index (χ2v) is 5.42. The molecule has 1 fully saturated rings. The zero-order valence-electron chi connectivity index (χ0n) is 10.5. The van der Waals surface area contributed by atoms with E-state index in [-0.39, 0.29) is 17.6 Å². The van der Waals surface area contributed by atoms with Crippen molar-refractivity contribution in [2.75, 3.05) is 23.9 Å². The molecule has 102 valence electrons. The minimum atomic E-state index is -0.498. The third-order valence-electron chi connectivity index (χ3n) is 2.99. The third-order valence-corrected chi connectivity index (χ3v) is 4.16. The van der Waals surface area contributed by atoms with Crippen molar-refractivity contribution in [1.82, 2.24) is 5.32 Å². The Balaban J connectivity index is 2.22. The van der Waals surface area contributed by atoms with Crippen molar-refractivity contribution in [1.29, 1.82) is 0 Å². The highest BCUT2D eigenvalue weighted by Crippen LogP contribution is 2.23. The van der Waals surface area contributed by atoms with Crippen LogP contribution >= 0.6 is 11.8 Å². The van der Waals surface area contributed by atoms with Crippen LogP contribution in [-0.2, 0) is 0 Å². The highest BCUT2D eigenvalue weighted by atomic mass is 32.2. The number of nitro groups is 1. The van der Waals surface area contributed by atoms with E-state index in [0.29, 0.717) is 11.3 Å². The number of anilines is 1. The van der Waals surface area contributed by atoms with Crippen LogP contribution in [-0.4, -0.2) is 35.4 Å². The van der Waals surface area contributed by atoms with Crippen molar-refractivity contribution in [3.8, 4) is 0 Å². The highest BCUT2D eigenvalue weighted by molar-refractivity contribution is 7.99. The molecule has 1 aliphatic heterocycles. The van der Waals surface area contributed by atoms with Gasteiger partial charge in [-0.1, -0.05) is 0 Å². The first-order chi connectivity index (χ1) is 9.11. The van der Waals surface area contributed by atoms with Crippen molar-refractivity contribution < 1.29 is 9.72 Å². The second-order valence-electron chi connectivity index (χ2n) is 4.27. The van der Waals surface area contributed by atoms with Gasteiger partial charge in [-0.05, 0) is 18.2 Å². The molecule has 0 aromatic heterocycles. The number of amides is 1. The number of hydrogen-bond donors (Lipinski definition) is 2. The Labute approximate surface area is 115 Å². The molecule has 7 heteroatoms. The molecule has 0 saturated carbocycles. The molecule has 1 heterocycles. The van der Waals surface area contributed by atoms with Crippen molar-refractivity contribution >= 4 is 29.0 Å². The first-order valence-corrected chi connectivity index (χ1v) is 7.12. The Kier molecular flexibility index (Phi) is 4.26. The number of nitrogens with zero attached hydrogens (tertiary/aromatic N) is 1. The van der Waals surface area contributed by atoms with Gasteiger partial charge in [0, 0.05) is 36.7 Å². The second kappa shape index (κ2) is 5.92. The Morgan fingerprint density at radius 2 is 2.32 bits per heavy atom. The fourth-order valence-electron chi connectivity index (χ4n) is 1.96. The van der Waals surface area contributed by atoms with E-state index in [2.05, 4.69) is 10.6 Å². The van der Waals surface area contributed by atoms with E-state index in [1.165, 1.54) is 12.1 Å². The van der Waals surface area contributed by atoms with E-state index in [1.54, 1.807) is 24.9 Å². The molecule has 1 saturated heterocycles. The topological polar surface area (TPSA) is 84.3 Å². The van der Waals surface area contributed by atoms with Gasteiger partial charge in [0.1, 0.15) is 0 Å². The quantitative estimate of drug-likeness (QED) is 0.650. The lowest BCUT2D eigenvalue weighted by Gasteiger charge is -2.13. The number of benzene rings is 1. The molecule has 0 radical (unpaired) electrons. The summed E-state index contributed by atoms with van der Waals surface area (Å²) in [6, 6.07) is 4.40. The molecule has 0 bridgehead atoms. The standard InChI is InChI=1S/C12H15N3O3S/c1-13-11-3-2-9(15(17)18)6-10(11)12(16)14-8-4-5-19-7-8/h2-3,6,8,13H,4-5,7H2,1H3,(H,14,16). The zero-order valence-corrected chi connectivity index (χ0v) is 11.3. The van der Waals surface area contributed by atoms with Crippen LogP contribution in [0.25, 0.3) is 0 Å². The van der Waals surface area contributed by atoms with Gasteiger partial charge in [-0.3, -0.25) is 14.9 Å². The van der Waals surface area contributed by atoms with Crippen molar-refractivity contribution in [3.05, 3.63) is 33.9 Å². The largest absolute Gasteiger partial charge is 0.387 e. The van der Waals surface area contributed by atoms with Crippen LogP contribution in [0.5, 0.6) is 0 Å². The summed E-state index contributed by atoms with van der Waals surface area (Å²) >= 11 is 1.80. The molecule has 0 spiro atoms. The van der Waals surface area contributed by atoms with E-state index in [0.717, 1.165) is 17.9 Å². The smallest absolute Gasteiger partial charge is 0.270 e. The Morgan fingerprint density at radius 3 is 2.89 bits per heavy atom. The summed E-state index contributed by atoms with van der Waals surface area (Å²) in [5, 5.41) is 16.6. The van der Waals surface area contributed by atoms with Gasteiger partial charge in [0.15, 0.2) is 0 Å². The van der Waals surface area contributed by atoms with E-state index >= 15 is 0 Å². The van der Waals surface area contributed by atoms with Crippen LogP contribution in [0.4, 0.5) is 11.4 Å². The van der Waals surface area contributed by atoms with Crippen LogP contribution < -0.4 is 10.6 Å². The summed E-state index contributed by atoms with van der Waals surface area (Å²) in [5.41, 5.74) is 0.826. The van der Waals surface area contributed by atoms with Crippen LogP contribution in [0.2, 0.25) is 0 Å². The van der Waals surface area contributed by atoms with E-state index in [1.807, 2.05) is 0 Å². The Hall–Kier alpha value is -1.76. The monoisotopic (exact) mass is 281 g/mol. The molecule has 1 amide bonds. The van der Waals surface area contributed by atoms with Gasteiger partial charge in [0.25, 0.3) is 11.6 Å². The van der Waals surface area contributed by atoms with Gasteiger partial charge in [0.2, 0.25) is 0 Å². The average Bonchev–Trinajstić information content (AvgIpc) is 2.90. The average molecular weight is 281 g/mol. The van der Waals surface area contributed by atoms with Gasteiger partial charge < -0.3 is 10.6 Å². The number of carbonyl (C=O) groups excluding carboxylic acids is 1. The van der Waals surface area contributed by atoms with Gasteiger partial charge in [-0.25, -0.2) is 0 Å². The molecule has 1 aromatic rings. The van der Waals surface area contributed by atoms with Gasteiger partial charge in [-0.2, -0.15) is 11.8 Å². The molecular formula is C12H15N3O3S. The fourth-order valence-corrected chi connectivity index (χ4v) is 3.12. The maximum absolute atomic E-state index is 12.2. The molecule has 6 nitrogen and oxygen atoms in total. The molecule has 2 rings (SSSR count). The third kappa shape index (κ3) is 3.17.